The number of aliphatic hydroxyl groups excluding tert-OH is 1. The number of aliphatic hydroxyl groups is 1. The van der Waals surface area contributed by atoms with Crippen LogP contribution in [0, 0.1) is 11.8 Å². The van der Waals surface area contributed by atoms with Gasteiger partial charge in [0.1, 0.15) is 17.7 Å². The van der Waals surface area contributed by atoms with Crippen molar-refractivity contribution in [2.75, 3.05) is 33.4 Å². The van der Waals surface area contributed by atoms with Crippen molar-refractivity contribution in [3.63, 3.8) is 0 Å². The fraction of sp³-hybridized carbons (Fsp3) is 0.487. The number of rotatable bonds is 19. The van der Waals surface area contributed by atoms with Crippen LogP contribution in [0.1, 0.15) is 49.3 Å². The number of nitrogens with one attached hydrogen (secondary N) is 1. The summed E-state index contributed by atoms with van der Waals surface area (Å²) in [4.78, 5) is 59.6. The molecular weight excluding hydrogens is 718 g/mol. The zero-order chi connectivity index (χ0) is 36.5. The number of hydrogen-bond acceptors (Lipinski definition) is 8. The predicted molar refractivity (Wildman–Crippen MR) is 194 cm³/mol. The molecular formula is C39H48BrN3O8. The standard InChI is InChI=1S/C39H48BrN3O8/c1-4-6-19-30(45)41-29(25-49-3)33(27-17-11-8-12-18-27)50-38(48)31-32-36(46)43(21-13-14-22-44)35(39(32)23-28(40)34(31)51-39)37(47)42(20-5-2)24-26-15-9-7-10-16-26/h4-5,7-12,15-18,28-29,31-35,44H,1-2,6,13-14,19-25H2,3H3,(H,41,45)/t28?,29-,31+,32-,33-,34+,35+,39-/m1/s1. The number of nitrogens with zero attached hydrogens (tertiary/aromatic N) is 2. The minimum absolute atomic E-state index is 0.0559. The lowest BCUT2D eigenvalue weighted by atomic mass is 9.70. The van der Waals surface area contributed by atoms with Gasteiger partial charge in [-0.25, -0.2) is 0 Å². The summed E-state index contributed by atoms with van der Waals surface area (Å²) in [6, 6.07) is 16.9. The van der Waals surface area contributed by atoms with Crippen molar-refractivity contribution in [1.29, 1.82) is 0 Å². The molecule has 1 spiro atoms. The topological polar surface area (TPSA) is 135 Å². The molecule has 2 aromatic rings. The van der Waals surface area contributed by atoms with E-state index < -0.39 is 47.7 Å². The number of methoxy groups -OCH3 is 1. The maximum atomic E-state index is 14.7. The van der Waals surface area contributed by atoms with Gasteiger partial charge in [0.25, 0.3) is 0 Å². The first-order chi connectivity index (χ1) is 24.7. The summed E-state index contributed by atoms with van der Waals surface area (Å²) in [6.07, 6.45) is 3.56. The summed E-state index contributed by atoms with van der Waals surface area (Å²) >= 11 is 3.74. The molecule has 2 bridgehead atoms. The fourth-order valence-corrected chi connectivity index (χ4v) is 8.75. The molecule has 8 atom stereocenters. The average molecular weight is 767 g/mol. The summed E-state index contributed by atoms with van der Waals surface area (Å²) in [5.41, 5.74) is 0.269. The first-order valence-corrected chi connectivity index (χ1v) is 18.4. The minimum Gasteiger partial charge on any atom is -0.455 e. The SMILES string of the molecule is C=CCCC(=O)N[C@H](COC)[C@H](OC(=O)[C@@H]1[C@H]2O[C@@]3(CC2Br)[C@H](C(=O)N(CC=C)Cc2ccccc2)N(CCCCO)C(=O)[C@@H]13)c1ccccc1. The number of allylic oxidation sites excluding steroid dienone is 1. The smallest absolute Gasteiger partial charge is 0.313 e. The van der Waals surface area contributed by atoms with Gasteiger partial charge in [0.2, 0.25) is 17.7 Å². The Morgan fingerprint density at radius 2 is 1.82 bits per heavy atom. The Morgan fingerprint density at radius 1 is 1.12 bits per heavy atom. The van der Waals surface area contributed by atoms with E-state index in [0.717, 1.165) is 5.56 Å². The molecule has 274 valence electrons. The Balaban J connectivity index is 1.49. The van der Waals surface area contributed by atoms with Crippen molar-refractivity contribution >= 4 is 39.6 Å². The Morgan fingerprint density at radius 3 is 2.47 bits per heavy atom. The van der Waals surface area contributed by atoms with E-state index in [-0.39, 0.29) is 55.3 Å². The number of ether oxygens (including phenoxy) is 3. The molecule has 0 radical (unpaired) electrons. The molecule has 12 heteroatoms. The number of alkyl halides is 1. The molecule has 5 rings (SSSR count). The molecule has 0 aliphatic carbocycles. The number of carbonyl (C=O) groups is 4. The number of amides is 3. The van der Waals surface area contributed by atoms with Gasteiger partial charge in [-0.3, -0.25) is 19.2 Å². The van der Waals surface area contributed by atoms with Crippen molar-refractivity contribution in [1.82, 2.24) is 15.1 Å². The maximum absolute atomic E-state index is 14.7. The van der Waals surface area contributed by atoms with Gasteiger partial charge in [0, 0.05) is 44.6 Å². The fourth-order valence-electron chi connectivity index (χ4n) is 7.80. The minimum atomic E-state index is -1.29. The Hall–Kier alpha value is -3.84. The number of hydrogen-bond donors (Lipinski definition) is 2. The van der Waals surface area contributed by atoms with Gasteiger partial charge in [0.05, 0.1) is 30.6 Å². The highest BCUT2D eigenvalue weighted by Gasteiger charge is 2.77. The summed E-state index contributed by atoms with van der Waals surface area (Å²) in [6.45, 7) is 8.32. The number of esters is 1. The lowest BCUT2D eigenvalue weighted by Crippen LogP contribution is -2.56. The van der Waals surface area contributed by atoms with E-state index in [1.807, 2.05) is 60.7 Å². The number of likely N-dealkylation sites (tertiary alicyclic amines) is 1. The maximum Gasteiger partial charge on any atom is 0.313 e. The quantitative estimate of drug-likeness (QED) is 0.0946. The molecule has 51 heavy (non-hydrogen) atoms. The van der Waals surface area contributed by atoms with E-state index in [4.69, 9.17) is 14.2 Å². The first kappa shape index (κ1) is 38.4. The van der Waals surface area contributed by atoms with Gasteiger partial charge in [-0.05, 0) is 36.8 Å². The van der Waals surface area contributed by atoms with E-state index in [0.29, 0.717) is 37.8 Å². The normalized spacial score (nSPS) is 25.9. The monoisotopic (exact) mass is 765 g/mol. The van der Waals surface area contributed by atoms with Crippen LogP contribution in [0.5, 0.6) is 0 Å². The second kappa shape index (κ2) is 17.6. The lowest BCUT2D eigenvalue weighted by molar-refractivity contribution is -0.163. The van der Waals surface area contributed by atoms with E-state index in [1.165, 1.54) is 7.11 Å². The Bertz CT molecular complexity index is 1540. The van der Waals surface area contributed by atoms with Gasteiger partial charge in [-0.1, -0.05) is 88.7 Å². The third-order valence-electron chi connectivity index (χ3n) is 9.98. The number of fused-ring (bicyclic) bond motifs is 1. The van der Waals surface area contributed by atoms with E-state index in [2.05, 4.69) is 34.4 Å². The van der Waals surface area contributed by atoms with Crippen LogP contribution >= 0.6 is 15.9 Å². The van der Waals surface area contributed by atoms with Crippen LogP contribution in [0.2, 0.25) is 0 Å². The molecule has 0 aromatic heterocycles. The van der Waals surface area contributed by atoms with Gasteiger partial charge < -0.3 is 34.4 Å². The molecule has 3 amide bonds. The van der Waals surface area contributed by atoms with Crippen molar-refractivity contribution in [2.24, 2.45) is 11.8 Å². The van der Waals surface area contributed by atoms with Crippen molar-refractivity contribution in [3.8, 4) is 0 Å². The predicted octanol–water partition coefficient (Wildman–Crippen LogP) is 4.10. The molecule has 1 unspecified atom stereocenters. The van der Waals surface area contributed by atoms with Crippen LogP contribution in [0.15, 0.2) is 86.0 Å². The van der Waals surface area contributed by atoms with Crippen LogP contribution in [0.25, 0.3) is 0 Å². The Labute approximate surface area is 308 Å². The zero-order valence-electron chi connectivity index (χ0n) is 29.0. The van der Waals surface area contributed by atoms with Crippen LogP contribution in [-0.4, -0.2) is 101 Å². The van der Waals surface area contributed by atoms with E-state index in [9.17, 15) is 24.3 Å². The average Bonchev–Trinajstić information content (AvgIpc) is 3.73. The molecule has 3 aliphatic heterocycles. The highest BCUT2D eigenvalue weighted by atomic mass is 79.9. The molecule has 3 fully saturated rings. The first-order valence-electron chi connectivity index (χ1n) is 17.5. The highest BCUT2D eigenvalue weighted by molar-refractivity contribution is 9.09. The van der Waals surface area contributed by atoms with Gasteiger partial charge in [0.15, 0.2) is 0 Å². The van der Waals surface area contributed by atoms with Gasteiger partial charge >= 0.3 is 5.97 Å². The molecule has 2 aromatic carbocycles. The molecule has 3 aliphatic rings. The summed E-state index contributed by atoms with van der Waals surface area (Å²) in [5.74, 6) is -3.55. The summed E-state index contributed by atoms with van der Waals surface area (Å²) < 4.78 is 18.5. The zero-order valence-corrected chi connectivity index (χ0v) is 30.6. The third kappa shape index (κ3) is 8.14. The number of unbranched alkanes of at least 4 members (excludes halogenated alkanes) is 1. The van der Waals surface area contributed by atoms with Crippen molar-refractivity contribution in [2.45, 2.75) is 73.4 Å². The largest absolute Gasteiger partial charge is 0.455 e. The van der Waals surface area contributed by atoms with Crippen molar-refractivity contribution < 1.29 is 38.5 Å². The summed E-state index contributed by atoms with van der Waals surface area (Å²) in [5, 5.41) is 12.5. The summed E-state index contributed by atoms with van der Waals surface area (Å²) in [7, 11) is 1.50. The van der Waals surface area contributed by atoms with Gasteiger partial charge in [-0.2, -0.15) is 0 Å². The number of carbonyl (C=O) groups excluding carboxylic acids is 4. The Kier molecular flexibility index (Phi) is 13.2. The lowest BCUT2D eigenvalue weighted by Gasteiger charge is -2.37. The van der Waals surface area contributed by atoms with Crippen molar-refractivity contribution in [3.05, 3.63) is 97.1 Å². The second-order valence-electron chi connectivity index (χ2n) is 13.3. The molecule has 11 nitrogen and oxygen atoms in total. The highest BCUT2D eigenvalue weighted by Crippen LogP contribution is 2.60. The molecule has 0 saturated carbocycles. The van der Waals surface area contributed by atoms with Crippen LogP contribution in [0.4, 0.5) is 0 Å². The molecule has 2 N–H and O–H groups in total. The second-order valence-corrected chi connectivity index (χ2v) is 14.5. The third-order valence-corrected chi connectivity index (χ3v) is 10.8. The number of benzene rings is 2. The molecule has 3 heterocycles. The number of halogens is 1. The van der Waals surface area contributed by atoms with Gasteiger partial charge in [-0.15, -0.1) is 13.2 Å². The van der Waals surface area contributed by atoms with Crippen LogP contribution < -0.4 is 5.32 Å². The van der Waals surface area contributed by atoms with Crippen LogP contribution in [0.3, 0.4) is 0 Å². The molecule has 3 saturated heterocycles. The van der Waals surface area contributed by atoms with E-state index in [1.54, 1.807) is 22.0 Å². The van der Waals surface area contributed by atoms with Crippen LogP contribution in [-0.2, 0) is 39.9 Å². The van der Waals surface area contributed by atoms with E-state index >= 15 is 0 Å².